The predicted molar refractivity (Wildman–Crippen MR) is 97.7 cm³/mol. The Hall–Kier alpha value is -2.54. The zero-order valence-corrected chi connectivity index (χ0v) is 15.7. The first-order valence-electron chi connectivity index (χ1n) is 7.86. The first kappa shape index (κ1) is 18.3. The van der Waals surface area contributed by atoms with E-state index in [2.05, 4.69) is 20.9 Å². The molecule has 134 valence electrons. The fraction of sp³-hybridized carbons (Fsp3) is 0.158. The van der Waals surface area contributed by atoms with Crippen molar-refractivity contribution in [1.82, 2.24) is 9.55 Å². The summed E-state index contributed by atoms with van der Waals surface area (Å²) in [5, 5.41) is 0. The van der Waals surface area contributed by atoms with Crippen molar-refractivity contribution in [2.45, 2.75) is 6.92 Å². The van der Waals surface area contributed by atoms with E-state index in [0.717, 1.165) is 17.7 Å². The normalized spacial score (nSPS) is 10.8. The topological polar surface area (TPSA) is 44.1 Å². The number of aromatic nitrogens is 2. The highest BCUT2D eigenvalue weighted by Crippen LogP contribution is 2.42. The lowest BCUT2D eigenvalue weighted by molar-refractivity contribution is 0.0516. The second-order valence-corrected chi connectivity index (χ2v) is 6.28. The standard InChI is InChI=1S/C19H15BrF2N2O2/c1-3-26-19(25)17-15(12-4-5-13(21)14(22)10-12)16(18(20)24(17)2)11-6-8-23-9-7-11/h4-10H,3H2,1-2H3. The van der Waals surface area contributed by atoms with Gasteiger partial charge in [0.1, 0.15) is 5.69 Å². The predicted octanol–water partition coefficient (Wildman–Crippen LogP) is 4.97. The number of nitrogens with zero attached hydrogens (tertiary/aromatic N) is 2. The highest BCUT2D eigenvalue weighted by atomic mass is 79.9. The van der Waals surface area contributed by atoms with Crippen LogP contribution in [-0.4, -0.2) is 22.1 Å². The van der Waals surface area contributed by atoms with Gasteiger partial charge in [-0.25, -0.2) is 13.6 Å². The number of ether oxygens (including phenoxy) is 1. The zero-order valence-electron chi connectivity index (χ0n) is 14.1. The molecule has 0 bridgehead atoms. The molecule has 0 atom stereocenters. The molecule has 0 saturated heterocycles. The Kier molecular flexibility index (Phi) is 5.18. The molecule has 4 nitrogen and oxygen atoms in total. The lowest BCUT2D eigenvalue weighted by atomic mass is 9.97. The summed E-state index contributed by atoms with van der Waals surface area (Å²) in [6.45, 7) is 1.90. The fourth-order valence-corrected chi connectivity index (χ4v) is 3.41. The molecule has 0 aliphatic carbocycles. The van der Waals surface area contributed by atoms with Gasteiger partial charge in [-0.05, 0) is 58.2 Å². The summed E-state index contributed by atoms with van der Waals surface area (Å²) >= 11 is 3.51. The van der Waals surface area contributed by atoms with Crippen LogP contribution in [0.1, 0.15) is 17.4 Å². The number of esters is 1. The third-order valence-electron chi connectivity index (χ3n) is 3.97. The minimum Gasteiger partial charge on any atom is -0.461 e. The van der Waals surface area contributed by atoms with E-state index in [1.165, 1.54) is 6.07 Å². The van der Waals surface area contributed by atoms with Gasteiger partial charge < -0.3 is 9.30 Å². The Labute approximate surface area is 157 Å². The van der Waals surface area contributed by atoms with Gasteiger partial charge >= 0.3 is 5.97 Å². The molecule has 2 aromatic heterocycles. The number of hydrogen-bond donors (Lipinski definition) is 0. The molecule has 0 aliphatic heterocycles. The van der Waals surface area contributed by atoms with Gasteiger partial charge in [0.2, 0.25) is 0 Å². The Morgan fingerprint density at radius 3 is 2.42 bits per heavy atom. The van der Waals surface area contributed by atoms with Crippen LogP contribution in [-0.2, 0) is 11.8 Å². The van der Waals surface area contributed by atoms with Crippen LogP contribution < -0.4 is 0 Å². The first-order valence-corrected chi connectivity index (χ1v) is 8.66. The van der Waals surface area contributed by atoms with Crippen molar-refractivity contribution in [2.24, 2.45) is 7.05 Å². The average Bonchev–Trinajstić information content (AvgIpc) is 2.90. The third-order valence-corrected chi connectivity index (χ3v) is 4.90. The molecule has 0 radical (unpaired) electrons. The van der Waals surface area contributed by atoms with E-state index in [9.17, 15) is 13.6 Å². The minimum absolute atomic E-state index is 0.198. The summed E-state index contributed by atoms with van der Waals surface area (Å²) in [4.78, 5) is 16.6. The monoisotopic (exact) mass is 420 g/mol. The second-order valence-electron chi connectivity index (χ2n) is 5.53. The Morgan fingerprint density at radius 2 is 1.81 bits per heavy atom. The number of hydrogen-bond acceptors (Lipinski definition) is 3. The third kappa shape index (κ3) is 3.14. The van der Waals surface area contributed by atoms with Gasteiger partial charge in [0.05, 0.1) is 11.2 Å². The van der Waals surface area contributed by atoms with Crippen LogP contribution in [0, 0.1) is 11.6 Å². The minimum atomic E-state index is -0.988. The average molecular weight is 421 g/mol. The molecule has 3 rings (SSSR count). The molecule has 0 saturated carbocycles. The molecule has 1 aromatic carbocycles. The summed E-state index contributed by atoms with van der Waals surface area (Å²) in [6, 6.07) is 7.10. The number of carbonyl (C=O) groups is 1. The van der Waals surface area contributed by atoms with Crippen LogP contribution in [0.25, 0.3) is 22.3 Å². The lowest BCUT2D eigenvalue weighted by Gasteiger charge is -2.09. The van der Waals surface area contributed by atoms with Crippen LogP contribution in [0.2, 0.25) is 0 Å². The largest absolute Gasteiger partial charge is 0.461 e. The molecule has 0 spiro atoms. The van der Waals surface area contributed by atoms with Gasteiger partial charge in [0, 0.05) is 30.6 Å². The van der Waals surface area contributed by atoms with Crippen LogP contribution in [0.5, 0.6) is 0 Å². The molecule has 0 fully saturated rings. The highest BCUT2D eigenvalue weighted by molar-refractivity contribution is 9.10. The summed E-state index contributed by atoms with van der Waals surface area (Å²) in [5.41, 5.74) is 2.53. The quantitative estimate of drug-likeness (QED) is 0.559. The van der Waals surface area contributed by atoms with Crippen molar-refractivity contribution in [3.05, 3.63) is 64.7 Å². The van der Waals surface area contributed by atoms with Crippen molar-refractivity contribution < 1.29 is 18.3 Å². The number of halogens is 3. The van der Waals surface area contributed by atoms with Gasteiger partial charge in [-0.2, -0.15) is 0 Å². The summed E-state index contributed by atoms with van der Waals surface area (Å²) in [7, 11) is 1.70. The van der Waals surface area contributed by atoms with Crippen LogP contribution >= 0.6 is 15.9 Å². The molecule has 0 aliphatic rings. The van der Waals surface area contributed by atoms with Gasteiger partial charge in [0.25, 0.3) is 0 Å². The van der Waals surface area contributed by atoms with Crippen LogP contribution in [0.15, 0.2) is 47.3 Å². The van der Waals surface area contributed by atoms with Crippen LogP contribution in [0.3, 0.4) is 0 Å². The zero-order chi connectivity index (χ0) is 18.8. The molecule has 3 aromatic rings. The van der Waals surface area contributed by atoms with Gasteiger partial charge in [-0.15, -0.1) is 0 Å². The van der Waals surface area contributed by atoms with Crippen molar-refractivity contribution in [1.29, 1.82) is 0 Å². The lowest BCUT2D eigenvalue weighted by Crippen LogP contribution is -2.11. The molecule has 0 unspecified atom stereocenters. The van der Waals surface area contributed by atoms with Crippen molar-refractivity contribution in [2.75, 3.05) is 6.61 Å². The van der Waals surface area contributed by atoms with Crippen LogP contribution in [0.4, 0.5) is 8.78 Å². The van der Waals surface area contributed by atoms with E-state index < -0.39 is 17.6 Å². The summed E-state index contributed by atoms with van der Waals surface area (Å²) < 4.78 is 34.7. The summed E-state index contributed by atoms with van der Waals surface area (Å²) in [5.74, 6) is -2.49. The van der Waals surface area contributed by atoms with Crippen molar-refractivity contribution in [3.63, 3.8) is 0 Å². The van der Waals surface area contributed by atoms with E-state index in [4.69, 9.17) is 4.74 Å². The van der Waals surface area contributed by atoms with E-state index in [1.54, 1.807) is 43.1 Å². The molecule has 7 heteroatoms. The van der Waals surface area contributed by atoms with Gasteiger partial charge in [-0.1, -0.05) is 6.07 Å². The maximum atomic E-state index is 13.9. The van der Waals surface area contributed by atoms with E-state index in [-0.39, 0.29) is 12.3 Å². The first-order chi connectivity index (χ1) is 12.5. The Morgan fingerprint density at radius 1 is 1.12 bits per heavy atom. The molecular weight excluding hydrogens is 406 g/mol. The molecular formula is C19H15BrF2N2O2. The maximum absolute atomic E-state index is 13.9. The highest BCUT2D eigenvalue weighted by Gasteiger charge is 2.27. The number of rotatable bonds is 4. The van der Waals surface area contributed by atoms with Gasteiger partial charge in [-0.3, -0.25) is 4.98 Å². The van der Waals surface area contributed by atoms with E-state index >= 15 is 0 Å². The van der Waals surface area contributed by atoms with Crippen molar-refractivity contribution >= 4 is 21.9 Å². The van der Waals surface area contributed by atoms with Crippen molar-refractivity contribution in [3.8, 4) is 22.3 Å². The fourth-order valence-electron chi connectivity index (χ4n) is 2.81. The maximum Gasteiger partial charge on any atom is 0.355 e. The number of carbonyl (C=O) groups excluding carboxylic acids is 1. The smallest absolute Gasteiger partial charge is 0.355 e. The SMILES string of the molecule is CCOC(=O)c1c(-c2ccc(F)c(F)c2)c(-c2ccncc2)c(Br)n1C. The second kappa shape index (κ2) is 7.37. The molecule has 0 amide bonds. The van der Waals surface area contributed by atoms with E-state index in [1.807, 2.05) is 0 Å². The molecule has 26 heavy (non-hydrogen) atoms. The van der Waals surface area contributed by atoms with E-state index in [0.29, 0.717) is 21.3 Å². The molecule has 0 N–H and O–H groups in total. The molecule has 2 heterocycles. The summed E-state index contributed by atoms with van der Waals surface area (Å²) in [6.07, 6.45) is 3.24. The Bertz CT molecular complexity index is 971. The number of pyridine rings is 1. The Balaban J connectivity index is 2.36. The van der Waals surface area contributed by atoms with Gasteiger partial charge in [0.15, 0.2) is 11.6 Å². The number of benzene rings is 1.